The Morgan fingerprint density at radius 3 is 2.30 bits per heavy atom. The Morgan fingerprint density at radius 1 is 1.03 bits per heavy atom. The molecule has 1 N–H and O–H groups in total. The van der Waals surface area contributed by atoms with Gasteiger partial charge in [-0.05, 0) is 62.6 Å². The number of piperidine rings is 1. The Bertz CT molecular complexity index is 1210. The van der Waals surface area contributed by atoms with Crippen LogP contribution in [0.25, 0.3) is 0 Å². The lowest BCUT2D eigenvalue weighted by atomic mass is 9.94. The molecule has 3 heterocycles. The molecule has 3 fully saturated rings. The predicted molar refractivity (Wildman–Crippen MR) is 141 cm³/mol. The number of aromatic nitrogens is 1. The van der Waals surface area contributed by atoms with Crippen LogP contribution in [0.3, 0.4) is 0 Å². The first-order valence-electron chi connectivity index (χ1n) is 13.1. The van der Waals surface area contributed by atoms with Crippen molar-refractivity contribution in [2.75, 3.05) is 31.5 Å². The van der Waals surface area contributed by atoms with E-state index in [1.807, 2.05) is 10.3 Å². The summed E-state index contributed by atoms with van der Waals surface area (Å²) < 4.78 is 33.5. The minimum absolute atomic E-state index is 0.0158. The summed E-state index contributed by atoms with van der Waals surface area (Å²) in [7, 11) is -3.52. The number of ether oxygens (including phenoxy) is 1. The van der Waals surface area contributed by atoms with Crippen LogP contribution in [0, 0.1) is 0 Å². The number of nitrogens with one attached hydrogen (secondary N) is 1. The van der Waals surface area contributed by atoms with Gasteiger partial charge in [0.25, 0.3) is 5.91 Å². The zero-order valence-electron chi connectivity index (χ0n) is 21.1. The Hall–Kier alpha value is -2.34. The van der Waals surface area contributed by atoms with E-state index in [-0.39, 0.29) is 28.7 Å². The number of amides is 2. The molecule has 2 saturated heterocycles. The standard InChI is InChI=1S/C26H34N4O5S2/c1-18(31)29-15-11-19(12-16-29)23-17-36-26(27-23)28-25(32)24(35-21-5-4-6-21)20-7-9-22(10-8-20)37(33,34)30-13-2-3-14-30/h7-10,17,19,21,24H,2-6,11-16H2,1H3,(H,27,28,32). The highest BCUT2D eigenvalue weighted by molar-refractivity contribution is 7.89. The summed E-state index contributed by atoms with van der Waals surface area (Å²) in [5.74, 6) is 0.0582. The van der Waals surface area contributed by atoms with Crippen LogP contribution < -0.4 is 5.32 Å². The molecule has 3 aliphatic rings. The summed E-state index contributed by atoms with van der Waals surface area (Å²) in [6, 6.07) is 6.51. The molecule has 0 bridgehead atoms. The molecular formula is C26H34N4O5S2. The Labute approximate surface area is 222 Å². The number of thiazole rings is 1. The van der Waals surface area contributed by atoms with E-state index in [1.165, 1.54) is 15.6 Å². The van der Waals surface area contributed by atoms with Gasteiger partial charge < -0.3 is 9.64 Å². The summed E-state index contributed by atoms with van der Waals surface area (Å²) in [4.78, 5) is 31.7. The SMILES string of the molecule is CC(=O)N1CCC(c2csc(NC(=O)C(OC3CCC3)c3ccc(S(=O)(=O)N4CCCC4)cc3)n2)CC1. The fourth-order valence-electron chi connectivity index (χ4n) is 5.08. The monoisotopic (exact) mass is 546 g/mol. The van der Waals surface area contributed by atoms with Gasteiger partial charge in [-0.25, -0.2) is 13.4 Å². The number of carbonyl (C=O) groups excluding carboxylic acids is 2. The van der Waals surface area contributed by atoms with E-state index in [4.69, 9.17) is 4.74 Å². The fraction of sp³-hybridized carbons (Fsp3) is 0.577. The molecule has 1 aliphatic carbocycles. The van der Waals surface area contributed by atoms with Gasteiger partial charge in [-0.1, -0.05) is 12.1 Å². The van der Waals surface area contributed by atoms with Gasteiger partial charge >= 0.3 is 0 Å². The third-order valence-corrected chi connectivity index (χ3v) is 10.3. The molecule has 1 aromatic carbocycles. The molecule has 2 aliphatic heterocycles. The third-order valence-electron chi connectivity index (χ3n) is 7.62. The number of likely N-dealkylation sites (tertiary alicyclic amines) is 1. The Kier molecular flexibility index (Phi) is 7.94. The molecule has 1 aromatic heterocycles. The molecule has 1 saturated carbocycles. The van der Waals surface area contributed by atoms with Gasteiger partial charge in [-0.15, -0.1) is 11.3 Å². The highest BCUT2D eigenvalue weighted by Crippen LogP contribution is 2.33. The predicted octanol–water partition coefficient (Wildman–Crippen LogP) is 3.90. The van der Waals surface area contributed by atoms with E-state index in [9.17, 15) is 18.0 Å². The lowest BCUT2D eigenvalue weighted by Crippen LogP contribution is -2.36. The molecule has 1 atom stereocenters. The number of rotatable bonds is 8. The van der Waals surface area contributed by atoms with Crippen LogP contribution in [0.1, 0.15) is 75.1 Å². The highest BCUT2D eigenvalue weighted by Gasteiger charge is 2.31. The van der Waals surface area contributed by atoms with Crippen molar-refractivity contribution in [1.82, 2.24) is 14.2 Å². The minimum Gasteiger partial charge on any atom is -0.360 e. The number of sulfonamides is 1. The van der Waals surface area contributed by atoms with Crippen molar-refractivity contribution in [1.29, 1.82) is 0 Å². The molecule has 9 nitrogen and oxygen atoms in total. The van der Waals surface area contributed by atoms with Crippen LogP contribution >= 0.6 is 11.3 Å². The van der Waals surface area contributed by atoms with E-state index >= 15 is 0 Å². The second-order valence-electron chi connectivity index (χ2n) is 10.1. The van der Waals surface area contributed by atoms with Crippen molar-refractivity contribution in [3.05, 3.63) is 40.9 Å². The number of hydrogen-bond acceptors (Lipinski definition) is 7. The molecule has 2 aromatic rings. The molecule has 1 unspecified atom stereocenters. The maximum atomic E-state index is 13.3. The van der Waals surface area contributed by atoms with Crippen molar-refractivity contribution in [2.45, 2.75) is 74.9 Å². The zero-order chi connectivity index (χ0) is 26.0. The van der Waals surface area contributed by atoms with Gasteiger partial charge in [-0.3, -0.25) is 14.9 Å². The van der Waals surface area contributed by atoms with Gasteiger partial charge in [0, 0.05) is 44.4 Å². The number of anilines is 1. The Balaban J connectivity index is 1.27. The molecule has 0 spiro atoms. The second-order valence-corrected chi connectivity index (χ2v) is 12.9. The number of hydrogen-bond donors (Lipinski definition) is 1. The van der Waals surface area contributed by atoms with Crippen LogP contribution in [-0.2, 0) is 24.3 Å². The summed E-state index contributed by atoms with van der Waals surface area (Å²) in [5.41, 5.74) is 1.56. The number of nitrogens with zero attached hydrogens (tertiary/aromatic N) is 3. The van der Waals surface area contributed by atoms with E-state index in [1.54, 1.807) is 31.2 Å². The van der Waals surface area contributed by atoms with Crippen LogP contribution in [-0.4, -0.2) is 66.7 Å². The maximum Gasteiger partial charge on any atom is 0.259 e. The topological polar surface area (TPSA) is 109 Å². The van der Waals surface area contributed by atoms with Crippen molar-refractivity contribution in [3.63, 3.8) is 0 Å². The molecule has 2 amide bonds. The van der Waals surface area contributed by atoms with Crippen LogP contribution in [0.4, 0.5) is 5.13 Å². The molecule has 0 radical (unpaired) electrons. The summed E-state index contributed by atoms with van der Waals surface area (Å²) in [6.07, 6.45) is 5.53. The van der Waals surface area contributed by atoms with Crippen molar-refractivity contribution >= 4 is 38.3 Å². The zero-order valence-corrected chi connectivity index (χ0v) is 22.7. The Morgan fingerprint density at radius 2 is 1.70 bits per heavy atom. The van der Waals surface area contributed by atoms with Crippen molar-refractivity contribution in [2.24, 2.45) is 0 Å². The van der Waals surface area contributed by atoms with Crippen molar-refractivity contribution < 1.29 is 22.7 Å². The fourth-order valence-corrected chi connectivity index (χ4v) is 7.39. The van der Waals surface area contributed by atoms with Crippen LogP contribution in [0.5, 0.6) is 0 Å². The van der Waals surface area contributed by atoms with Crippen molar-refractivity contribution in [3.8, 4) is 0 Å². The smallest absolute Gasteiger partial charge is 0.259 e. The first-order valence-corrected chi connectivity index (χ1v) is 15.4. The highest BCUT2D eigenvalue weighted by atomic mass is 32.2. The van der Waals surface area contributed by atoms with Gasteiger partial charge in [0.1, 0.15) is 0 Å². The van der Waals surface area contributed by atoms with E-state index in [0.717, 1.165) is 63.7 Å². The summed E-state index contributed by atoms with van der Waals surface area (Å²) in [5, 5.41) is 5.42. The molecule has 37 heavy (non-hydrogen) atoms. The van der Waals surface area contributed by atoms with Gasteiger partial charge in [-0.2, -0.15) is 4.31 Å². The molecule has 200 valence electrons. The summed E-state index contributed by atoms with van der Waals surface area (Å²) >= 11 is 1.39. The van der Waals surface area contributed by atoms with Gasteiger partial charge in [0.05, 0.1) is 16.7 Å². The normalized spacial score (nSPS) is 20.5. The van der Waals surface area contributed by atoms with Gasteiger partial charge in [0.15, 0.2) is 11.2 Å². The lowest BCUT2D eigenvalue weighted by Gasteiger charge is -2.30. The average molecular weight is 547 g/mol. The molecule has 5 rings (SSSR count). The average Bonchev–Trinajstić information content (AvgIpc) is 3.57. The van der Waals surface area contributed by atoms with Crippen LogP contribution in [0.15, 0.2) is 34.5 Å². The largest absolute Gasteiger partial charge is 0.360 e. The lowest BCUT2D eigenvalue weighted by molar-refractivity contribution is -0.135. The van der Waals surface area contributed by atoms with E-state index in [2.05, 4.69) is 10.3 Å². The third kappa shape index (κ3) is 5.89. The summed E-state index contributed by atoms with van der Waals surface area (Å²) in [6.45, 7) is 4.13. The quantitative estimate of drug-likeness (QED) is 0.538. The second kappa shape index (κ2) is 11.2. The first-order chi connectivity index (χ1) is 17.8. The maximum absolute atomic E-state index is 13.3. The minimum atomic E-state index is -3.52. The molecule has 11 heteroatoms. The van der Waals surface area contributed by atoms with E-state index < -0.39 is 16.1 Å². The van der Waals surface area contributed by atoms with Gasteiger partial charge in [0.2, 0.25) is 15.9 Å². The number of benzene rings is 1. The molecular weight excluding hydrogens is 512 g/mol. The number of carbonyl (C=O) groups is 2. The van der Waals surface area contributed by atoms with Crippen LogP contribution in [0.2, 0.25) is 0 Å². The van der Waals surface area contributed by atoms with E-state index in [0.29, 0.717) is 23.8 Å². The first kappa shape index (κ1) is 26.3.